The first-order valence-corrected chi connectivity index (χ1v) is 5.89. The van der Waals surface area contributed by atoms with Crippen molar-refractivity contribution in [2.24, 2.45) is 0 Å². The van der Waals surface area contributed by atoms with E-state index in [1.807, 2.05) is 0 Å². The van der Waals surface area contributed by atoms with Crippen molar-refractivity contribution in [3.05, 3.63) is 34.9 Å². The molecule has 0 bridgehead atoms. The second-order valence-corrected chi connectivity index (χ2v) is 5.76. The summed E-state index contributed by atoms with van der Waals surface area (Å²) in [7, 11) is 0. The van der Waals surface area contributed by atoms with Gasteiger partial charge in [0.25, 0.3) is 0 Å². The number of benzene rings is 1. The molecule has 0 unspecified atom stereocenters. The molecule has 0 radical (unpaired) electrons. The predicted molar refractivity (Wildman–Crippen MR) is 69.2 cm³/mol. The number of ketones is 1. The minimum Gasteiger partial charge on any atom is -0.295 e. The predicted octanol–water partition coefficient (Wildman–Crippen LogP) is 4.31. The largest absolute Gasteiger partial charge is 0.295 e. The van der Waals surface area contributed by atoms with Crippen molar-refractivity contribution >= 4 is 5.78 Å². The summed E-state index contributed by atoms with van der Waals surface area (Å²) in [5, 5.41) is 0. The molecule has 1 heteroatoms. The quantitative estimate of drug-likeness (QED) is 0.676. The summed E-state index contributed by atoms with van der Waals surface area (Å²) < 4.78 is 0. The first-order valence-electron chi connectivity index (χ1n) is 5.89. The SMILES string of the molecule is CC(=O)c1cc(C(C)(C)C)ccc1C(C)C. The van der Waals surface area contributed by atoms with Crippen LogP contribution in [0.3, 0.4) is 0 Å². The Morgan fingerprint density at radius 1 is 1.19 bits per heavy atom. The average Bonchev–Trinajstić information content (AvgIpc) is 2.15. The van der Waals surface area contributed by atoms with Gasteiger partial charge < -0.3 is 0 Å². The van der Waals surface area contributed by atoms with Gasteiger partial charge in [-0.1, -0.05) is 46.8 Å². The van der Waals surface area contributed by atoms with E-state index in [4.69, 9.17) is 0 Å². The summed E-state index contributed by atoms with van der Waals surface area (Å²) >= 11 is 0. The van der Waals surface area contributed by atoms with Gasteiger partial charge in [0, 0.05) is 5.56 Å². The molecule has 1 aromatic rings. The molecule has 0 aromatic heterocycles. The molecule has 0 heterocycles. The summed E-state index contributed by atoms with van der Waals surface area (Å²) in [5.74, 6) is 0.558. The van der Waals surface area contributed by atoms with Crippen molar-refractivity contribution in [3.63, 3.8) is 0 Å². The lowest BCUT2D eigenvalue weighted by atomic mass is 9.83. The molecule has 0 fully saturated rings. The van der Waals surface area contributed by atoms with Gasteiger partial charge in [0.2, 0.25) is 0 Å². The van der Waals surface area contributed by atoms with E-state index in [0.717, 1.165) is 11.1 Å². The number of rotatable bonds is 2. The van der Waals surface area contributed by atoms with Crippen LogP contribution in [0.2, 0.25) is 0 Å². The van der Waals surface area contributed by atoms with Gasteiger partial charge in [-0.3, -0.25) is 4.79 Å². The van der Waals surface area contributed by atoms with Crippen molar-refractivity contribution in [3.8, 4) is 0 Å². The van der Waals surface area contributed by atoms with Gasteiger partial charge in [0.15, 0.2) is 5.78 Å². The first kappa shape index (κ1) is 13.0. The molecule has 0 amide bonds. The van der Waals surface area contributed by atoms with Crippen LogP contribution in [0.1, 0.15) is 68.9 Å². The van der Waals surface area contributed by atoms with Gasteiger partial charge in [-0.05, 0) is 35.4 Å². The van der Waals surface area contributed by atoms with Gasteiger partial charge in [-0.15, -0.1) is 0 Å². The number of hydrogen-bond donors (Lipinski definition) is 0. The molecule has 0 saturated carbocycles. The molecule has 88 valence electrons. The Morgan fingerprint density at radius 3 is 2.12 bits per heavy atom. The Hall–Kier alpha value is -1.11. The third-order valence-electron chi connectivity index (χ3n) is 2.92. The van der Waals surface area contributed by atoms with E-state index in [-0.39, 0.29) is 11.2 Å². The highest BCUT2D eigenvalue weighted by Crippen LogP contribution is 2.27. The zero-order chi connectivity index (χ0) is 12.5. The van der Waals surface area contributed by atoms with Crippen molar-refractivity contribution in [2.45, 2.75) is 52.9 Å². The number of hydrogen-bond acceptors (Lipinski definition) is 1. The zero-order valence-corrected chi connectivity index (χ0v) is 11.2. The van der Waals surface area contributed by atoms with Crippen molar-refractivity contribution in [2.75, 3.05) is 0 Å². The summed E-state index contributed by atoms with van der Waals surface area (Å²) in [5.41, 5.74) is 3.35. The van der Waals surface area contributed by atoms with Crippen LogP contribution in [-0.4, -0.2) is 5.78 Å². The molecule has 0 spiro atoms. The minimum absolute atomic E-state index is 0.0969. The number of carbonyl (C=O) groups is 1. The molecule has 1 nitrogen and oxygen atoms in total. The van der Waals surface area contributed by atoms with Crippen LogP contribution < -0.4 is 0 Å². The Bertz CT molecular complexity index is 394. The van der Waals surface area contributed by atoms with E-state index in [1.165, 1.54) is 5.56 Å². The molecule has 0 aliphatic carbocycles. The highest BCUT2D eigenvalue weighted by Gasteiger charge is 2.17. The average molecular weight is 218 g/mol. The van der Waals surface area contributed by atoms with Crippen LogP contribution in [0, 0.1) is 0 Å². The van der Waals surface area contributed by atoms with Crippen LogP contribution in [0.5, 0.6) is 0 Å². The van der Waals surface area contributed by atoms with E-state index < -0.39 is 0 Å². The van der Waals surface area contributed by atoms with E-state index in [0.29, 0.717) is 5.92 Å². The fourth-order valence-electron chi connectivity index (χ4n) is 1.83. The smallest absolute Gasteiger partial charge is 0.160 e. The Morgan fingerprint density at radius 2 is 1.75 bits per heavy atom. The highest BCUT2D eigenvalue weighted by molar-refractivity contribution is 5.96. The summed E-state index contributed by atoms with van der Waals surface area (Å²) in [6, 6.07) is 6.29. The number of Topliss-reactive ketones (excluding diaryl/α,β-unsaturated/α-hetero) is 1. The van der Waals surface area contributed by atoms with Gasteiger partial charge in [-0.2, -0.15) is 0 Å². The summed E-state index contributed by atoms with van der Waals surface area (Å²) in [6.07, 6.45) is 0. The molecule has 0 aliphatic heterocycles. The molecule has 16 heavy (non-hydrogen) atoms. The van der Waals surface area contributed by atoms with Crippen LogP contribution in [-0.2, 0) is 5.41 Å². The molecule has 1 rings (SSSR count). The van der Waals surface area contributed by atoms with Crippen LogP contribution >= 0.6 is 0 Å². The summed E-state index contributed by atoms with van der Waals surface area (Å²) in [4.78, 5) is 11.6. The van der Waals surface area contributed by atoms with E-state index >= 15 is 0 Å². The molecule has 0 atom stereocenters. The maximum absolute atomic E-state index is 11.6. The Kier molecular flexibility index (Phi) is 3.57. The molecule has 0 N–H and O–H groups in total. The third kappa shape index (κ3) is 2.72. The van der Waals surface area contributed by atoms with Crippen molar-refractivity contribution in [1.29, 1.82) is 0 Å². The molecule has 0 aliphatic rings. The standard InChI is InChI=1S/C15H22O/c1-10(2)13-8-7-12(15(4,5)6)9-14(13)11(3)16/h7-10H,1-6H3. The molecular formula is C15H22O. The Labute approximate surface area is 98.9 Å². The maximum Gasteiger partial charge on any atom is 0.160 e. The van der Waals surface area contributed by atoms with E-state index in [9.17, 15) is 4.79 Å². The van der Waals surface area contributed by atoms with Crippen LogP contribution in [0.4, 0.5) is 0 Å². The number of carbonyl (C=O) groups excluding carboxylic acids is 1. The molecular weight excluding hydrogens is 196 g/mol. The van der Waals surface area contributed by atoms with E-state index in [2.05, 4.69) is 52.8 Å². The Balaban J connectivity index is 3.34. The minimum atomic E-state index is 0.0969. The normalized spacial score (nSPS) is 11.9. The van der Waals surface area contributed by atoms with Gasteiger partial charge >= 0.3 is 0 Å². The zero-order valence-electron chi connectivity index (χ0n) is 11.2. The lowest BCUT2D eigenvalue weighted by molar-refractivity contribution is 0.101. The van der Waals surface area contributed by atoms with Crippen molar-refractivity contribution in [1.82, 2.24) is 0 Å². The van der Waals surface area contributed by atoms with Gasteiger partial charge in [-0.25, -0.2) is 0 Å². The topological polar surface area (TPSA) is 17.1 Å². The summed E-state index contributed by atoms with van der Waals surface area (Å²) in [6.45, 7) is 12.4. The van der Waals surface area contributed by atoms with Crippen LogP contribution in [0.15, 0.2) is 18.2 Å². The van der Waals surface area contributed by atoms with Crippen LogP contribution in [0.25, 0.3) is 0 Å². The lowest BCUT2D eigenvalue weighted by Gasteiger charge is -2.21. The fourth-order valence-corrected chi connectivity index (χ4v) is 1.83. The highest BCUT2D eigenvalue weighted by atomic mass is 16.1. The fraction of sp³-hybridized carbons (Fsp3) is 0.533. The molecule has 1 aromatic carbocycles. The van der Waals surface area contributed by atoms with E-state index in [1.54, 1.807) is 6.92 Å². The molecule has 0 saturated heterocycles. The second-order valence-electron chi connectivity index (χ2n) is 5.76. The second kappa shape index (κ2) is 4.40. The first-order chi connectivity index (χ1) is 7.23. The van der Waals surface area contributed by atoms with Gasteiger partial charge in [0.05, 0.1) is 0 Å². The van der Waals surface area contributed by atoms with Gasteiger partial charge in [0.1, 0.15) is 0 Å². The van der Waals surface area contributed by atoms with Crippen molar-refractivity contribution < 1.29 is 4.79 Å². The lowest BCUT2D eigenvalue weighted by Crippen LogP contribution is -2.13. The maximum atomic E-state index is 11.6. The monoisotopic (exact) mass is 218 g/mol. The third-order valence-corrected chi connectivity index (χ3v) is 2.92.